The van der Waals surface area contributed by atoms with Crippen molar-refractivity contribution in [1.82, 2.24) is 5.32 Å². The minimum Gasteiger partial charge on any atom is -0.481 e. The Kier molecular flexibility index (Phi) is 3.88. The van der Waals surface area contributed by atoms with Crippen LogP contribution in [0.2, 0.25) is 0 Å². The lowest BCUT2D eigenvalue weighted by atomic mass is 9.82. The number of allylic oxidation sites excluding steroid dienone is 2. The molecule has 1 rings (SSSR count). The maximum absolute atomic E-state index is 11.7. The number of carbonyl (C=O) groups excluding carboxylic acids is 1. The molecule has 0 fully saturated rings. The molecule has 0 aromatic carbocycles. The lowest BCUT2D eigenvalue weighted by Gasteiger charge is -2.25. The minimum atomic E-state index is -0.886. The quantitative estimate of drug-likeness (QED) is 0.689. The Labute approximate surface area is 89.4 Å². The van der Waals surface area contributed by atoms with E-state index in [-0.39, 0.29) is 11.9 Å². The highest BCUT2D eigenvalue weighted by Gasteiger charge is 2.33. The van der Waals surface area contributed by atoms with Gasteiger partial charge in [-0.1, -0.05) is 12.2 Å². The van der Waals surface area contributed by atoms with Gasteiger partial charge in [-0.3, -0.25) is 9.59 Å². The molecule has 0 aliphatic heterocycles. The summed E-state index contributed by atoms with van der Waals surface area (Å²) in [5, 5.41) is 11.7. The molecular formula is C11H17NO3. The molecule has 4 heteroatoms. The monoisotopic (exact) mass is 211 g/mol. The van der Waals surface area contributed by atoms with E-state index in [1.54, 1.807) is 0 Å². The van der Waals surface area contributed by atoms with Gasteiger partial charge in [0.25, 0.3) is 0 Å². The first-order valence-corrected chi connectivity index (χ1v) is 5.20. The summed E-state index contributed by atoms with van der Waals surface area (Å²) in [6, 6.07) is 0.0536. The van der Waals surface area contributed by atoms with Gasteiger partial charge >= 0.3 is 5.97 Å². The van der Waals surface area contributed by atoms with Crippen LogP contribution in [0, 0.1) is 11.8 Å². The molecule has 2 N–H and O–H groups in total. The number of hydrogen-bond acceptors (Lipinski definition) is 2. The molecule has 0 aromatic heterocycles. The third-order valence-electron chi connectivity index (χ3n) is 2.52. The summed E-state index contributed by atoms with van der Waals surface area (Å²) in [5.74, 6) is -2.03. The molecule has 84 valence electrons. The first-order valence-electron chi connectivity index (χ1n) is 5.20. The van der Waals surface area contributed by atoms with E-state index < -0.39 is 17.8 Å². The van der Waals surface area contributed by atoms with Crippen LogP contribution in [0.1, 0.15) is 26.7 Å². The zero-order valence-corrected chi connectivity index (χ0v) is 9.06. The van der Waals surface area contributed by atoms with Crippen molar-refractivity contribution in [2.75, 3.05) is 0 Å². The van der Waals surface area contributed by atoms with Gasteiger partial charge in [-0.25, -0.2) is 0 Å². The number of aliphatic carboxylic acids is 1. The molecular weight excluding hydrogens is 194 g/mol. The van der Waals surface area contributed by atoms with Crippen molar-refractivity contribution in [1.29, 1.82) is 0 Å². The van der Waals surface area contributed by atoms with Gasteiger partial charge < -0.3 is 10.4 Å². The van der Waals surface area contributed by atoms with Gasteiger partial charge in [-0.15, -0.1) is 0 Å². The summed E-state index contributed by atoms with van der Waals surface area (Å²) < 4.78 is 0. The van der Waals surface area contributed by atoms with Crippen LogP contribution in [-0.2, 0) is 9.59 Å². The van der Waals surface area contributed by atoms with Crippen LogP contribution in [0.25, 0.3) is 0 Å². The molecule has 0 spiro atoms. The molecule has 0 bridgehead atoms. The van der Waals surface area contributed by atoms with E-state index in [2.05, 4.69) is 5.32 Å². The summed E-state index contributed by atoms with van der Waals surface area (Å²) in [4.78, 5) is 22.7. The van der Waals surface area contributed by atoms with Crippen molar-refractivity contribution in [3.05, 3.63) is 12.2 Å². The highest BCUT2D eigenvalue weighted by atomic mass is 16.4. The Morgan fingerprint density at radius 3 is 2.27 bits per heavy atom. The highest BCUT2D eigenvalue weighted by molar-refractivity contribution is 5.85. The molecule has 4 nitrogen and oxygen atoms in total. The molecule has 0 saturated carbocycles. The van der Waals surface area contributed by atoms with E-state index in [1.165, 1.54) is 0 Å². The van der Waals surface area contributed by atoms with Crippen molar-refractivity contribution in [3.63, 3.8) is 0 Å². The van der Waals surface area contributed by atoms with Gasteiger partial charge in [0.05, 0.1) is 11.8 Å². The summed E-state index contributed by atoms with van der Waals surface area (Å²) in [5.41, 5.74) is 0. The Bertz CT molecular complexity index is 284. The summed E-state index contributed by atoms with van der Waals surface area (Å²) in [7, 11) is 0. The zero-order valence-electron chi connectivity index (χ0n) is 9.06. The van der Waals surface area contributed by atoms with Crippen molar-refractivity contribution < 1.29 is 14.7 Å². The fourth-order valence-corrected chi connectivity index (χ4v) is 1.77. The maximum Gasteiger partial charge on any atom is 0.307 e. The number of rotatable bonds is 3. The molecule has 0 heterocycles. The number of carbonyl (C=O) groups is 2. The topological polar surface area (TPSA) is 66.4 Å². The number of carboxylic acid groups (broad SMARTS) is 1. The Morgan fingerprint density at radius 2 is 1.80 bits per heavy atom. The van der Waals surface area contributed by atoms with Crippen LogP contribution < -0.4 is 5.32 Å². The van der Waals surface area contributed by atoms with Gasteiger partial charge in [0.1, 0.15) is 0 Å². The second-order valence-electron chi connectivity index (χ2n) is 4.16. The fourth-order valence-electron chi connectivity index (χ4n) is 1.77. The summed E-state index contributed by atoms with van der Waals surface area (Å²) in [6.45, 7) is 3.73. The predicted molar refractivity (Wildman–Crippen MR) is 56.3 cm³/mol. The van der Waals surface area contributed by atoms with E-state index in [0.717, 1.165) is 0 Å². The summed E-state index contributed by atoms with van der Waals surface area (Å²) >= 11 is 0. The zero-order chi connectivity index (χ0) is 11.4. The lowest BCUT2D eigenvalue weighted by Crippen LogP contribution is -2.41. The smallest absolute Gasteiger partial charge is 0.307 e. The van der Waals surface area contributed by atoms with Crippen LogP contribution in [0.3, 0.4) is 0 Å². The second kappa shape index (κ2) is 4.96. The van der Waals surface area contributed by atoms with E-state index in [1.807, 2.05) is 26.0 Å². The molecule has 1 aliphatic carbocycles. The molecule has 1 aliphatic rings. The largest absolute Gasteiger partial charge is 0.481 e. The lowest BCUT2D eigenvalue weighted by molar-refractivity contribution is -0.147. The van der Waals surface area contributed by atoms with Crippen molar-refractivity contribution in [2.45, 2.75) is 32.7 Å². The third kappa shape index (κ3) is 3.08. The number of amides is 1. The maximum atomic E-state index is 11.7. The van der Waals surface area contributed by atoms with Crippen LogP contribution >= 0.6 is 0 Å². The molecule has 0 radical (unpaired) electrons. The Hall–Kier alpha value is -1.32. The SMILES string of the molecule is CC(C)NC(=O)C1CC=CCC1C(=O)O. The van der Waals surface area contributed by atoms with Gasteiger partial charge in [-0.05, 0) is 26.7 Å². The Balaban J connectivity index is 2.69. The van der Waals surface area contributed by atoms with Crippen molar-refractivity contribution in [2.24, 2.45) is 11.8 Å². The van der Waals surface area contributed by atoms with Crippen LogP contribution in [0.5, 0.6) is 0 Å². The van der Waals surface area contributed by atoms with E-state index >= 15 is 0 Å². The standard InChI is InChI=1S/C11H17NO3/c1-7(2)12-10(13)8-5-3-4-6-9(8)11(14)15/h3-4,7-9H,5-6H2,1-2H3,(H,12,13)(H,14,15). The molecule has 2 unspecified atom stereocenters. The average molecular weight is 211 g/mol. The first kappa shape index (κ1) is 11.8. The third-order valence-corrected chi connectivity index (χ3v) is 2.52. The first-order chi connectivity index (χ1) is 7.02. The normalized spacial score (nSPS) is 25.3. The van der Waals surface area contributed by atoms with Gasteiger partial charge in [0, 0.05) is 6.04 Å². The number of nitrogens with one attached hydrogen (secondary N) is 1. The number of carboxylic acids is 1. The van der Waals surface area contributed by atoms with E-state index in [4.69, 9.17) is 5.11 Å². The Morgan fingerprint density at radius 1 is 1.27 bits per heavy atom. The molecule has 0 aromatic rings. The van der Waals surface area contributed by atoms with Gasteiger partial charge in [0.15, 0.2) is 0 Å². The number of hydrogen-bond donors (Lipinski definition) is 2. The molecule has 0 saturated heterocycles. The van der Waals surface area contributed by atoms with Gasteiger partial charge in [0.2, 0.25) is 5.91 Å². The summed E-state index contributed by atoms with van der Waals surface area (Å²) in [6.07, 6.45) is 4.68. The minimum absolute atomic E-state index is 0.0536. The highest BCUT2D eigenvalue weighted by Crippen LogP contribution is 2.26. The average Bonchev–Trinajstić information content (AvgIpc) is 2.16. The second-order valence-corrected chi connectivity index (χ2v) is 4.16. The van der Waals surface area contributed by atoms with Crippen LogP contribution in [-0.4, -0.2) is 23.0 Å². The van der Waals surface area contributed by atoms with E-state index in [0.29, 0.717) is 12.8 Å². The van der Waals surface area contributed by atoms with Crippen molar-refractivity contribution >= 4 is 11.9 Å². The fraction of sp³-hybridized carbons (Fsp3) is 0.636. The predicted octanol–water partition coefficient (Wildman–Crippen LogP) is 1.18. The van der Waals surface area contributed by atoms with Crippen molar-refractivity contribution in [3.8, 4) is 0 Å². The van der Waals surface area contributed by atoms with Crippen LogP contribution in [0.4, 0.5) is 0 Å². The molecule has 1 amide bonds. The molecule has 2 atom stereocenters. The van der Waals surface area contributed by atoms with Crippen LogP contribution in [0.15, 0.2) is 12.2 Å². The van der Waals surface area contributed by atoms with E-state index in [9.17, 15) is 9.59 Å². The molecule has 15 heavy (non-hydrogen) atoms. The van der Waals surface area contributed by atoms with Gasteiger partial charge in [-0.2, -0.15) is 0 Å².